The Morgan fingerprint density at radius 3 is 2.50 bits per heavy atom. The number of nitrogens with zero attached hydrogens (tertiary/aromatic N) is 1. The van der Waals surface area contributed by atoms with E-state index in [0.29, 0.717) is 0 Å². The highest BCUT2D eigenvalue weighted by atomic mass is 19.1. The van der Waals surface area contributed by atoms with Gasteiger partial charge in [0.15, 0.2) is 0 Å². The molecule has 1 heterocycles. The van der Waals surface area contributed by atoms with Gasteiger partial charge in [-0.1, -0.05) is 18.6 Å². The van der Waals surface area contributed by atoms with Gasteiger partial charge in [0.05, 0.1) is 0 Å². The van der Waals surface area contributed by atoms with Crippen molar-refractivity contribution in [3.8, 4) is 0 Å². The Labute approximate surface area is 108 Å². The molecule has 2 N–H and O–H groups in total. The van der Waals surface area contributed by atoms with E-state index in [-0.39, 0.29) is 11.4 Å². The van der Waals surface area contributed by atoms with Gasteiger partial charge >= 0.3 is 0 Å². The summed E-state index contributed by atoms with van der Waals surface area (Å²) < 4.78 is 14.1. The van der Waals surface area contributed by atoms with E-state index in [0.717, 1.165) is 43.6 Å². The van der Waals surface area contributed by atoms with Crippen molar-refractivity contribution in [3.05, 3.63) is 35.1 Å². The molecule has 18 heavy (non-hydrogen) atoms. The number of piperidine rings is 1. The Kier molecular flexibility index (Phi) is 3.12. The molecule has 0 amide bonds. The van der Waals surface area contributed by atoms with Crippen LogP contribution in [0.1, 0.15) is 43.2 Å². The van der Waals surface area contributed by atoms with E-state index in [9.17, 15) is 4.39 Å². The van der Waals surface area contributed by atoms with Crippen LogP contribution in [0.5, 0.6) is 0 Å². The molecule has 3 rings (SSSR count). The first-order valence-electron chi connectivity index (χ1n) is 6.98. The van der Waals surface area contributed by atoms with E-state index in [2.05, 4.69) is 4.90 Å². The van der Waals surface area contributed by atoms with Crippen LogP contribution < -0.4 is 5.73 Å². The monoisotopic (exact) mass is 248 g/mol. The largest absolute Gasteiger partial charge is 0.321 e. The highest BCUT2D eigenvalue weighted by molar-refractivity contribution is 5.33. The van der Waals surface area contributed by atoms with Crippen LogP contribution >= 0.6 is 0 Å². The molecule has 0 unspecified atom stereocenters. The second-order valence-electron chi connectivity index (χ2n) is 5.80. The smallest absolute Gasteiger partial charge is 0.128 e. The Balaban J connectivity index is 1.72. The average molecular weight is 248 g/mol. The van der Waals surface area contributed by atoms with Crippen molar-refractivity contribution in [1.29, 1.82) is 0 Å². The van der Waals surface area contributed by atoms with Crippen LogP contribution in [0.25, 0.3) is 0 Å². The predicted octanol–water partition coefficient (Wildman–Crippen LogP) is 2.76. The second kappa shape index (κ2) is 4.63. The molecule has 3 heteroatoms. The average Bonchev–Trinajstić information content (AvgIpc) is 3.12. The Morgan fingerprint density at radius 1 is 1.17 bits per heavy atom. The van der Waals surface area contributed by atoms with Gasteiger partial charge in [-0.25, -0.2) is 4.39 Å². The molecular weight excluding hydrogens is 227 g/mol. The minimum atomic E-state index is -0.232. The number of hydrogen-bond acceptors (Lipinski definition) is 2. The zero-order chi connectivity index (χ0) is 12.6. The minimum Gasteiger partial charge on any atom is -0.321 e. The van der Waals surface area contributed by atoms with Crippen LogP contribution in [0.3, 0.4) is 0 Å². The predicted molar refractivity (Wildman–Crippen MR) is 70.6 cm³/mol. The molecule has 1 aliphatic heterocycles. The summed E-state index contributed by atoms with van der Waals surface area (Å²) in [4.78, 5) is 2.34. The minimum absolute atomic E-state index is 0.0881. The van der Waals surface area contributed by atoms with E-state index in [1.54, 1.807) is 6.07 Å². The summed E-state index contributed by atoms with van der Waals surface area (Å²) in [6.07, 6.45) is 5.76. The van der Waals surface area contributed by atoms with Crippen molar-refractivity contribution < 1.29 is 4.39 Å². The highest BCUT2D eigenvalue weighted by Crippen LogP contribution is 2.42. The number of halogens is 1. The van der Waals surface area contributed by atoms with Gasteiger partial charge < -0.3 is 5.73 Å². The molecule has 1 aliphatic carbocycles. The number of hydrogen-bond donors (Lipinski definition) is 1. The molecule has 1 aromatic carbocycles. The van der Waals surface area contributed by atoms with Gasteiger partial charge in [-0.3, -0.25) is 4.90 Å². The fourth-order valence-electron chi connectivity index (χ4n) is 2.77. The molecular formula is C15H21FN2. The molecule has 0 atom stereocenters. The second-order valence-corrected chi connectivity index (χ2v) is 5.80. The third kappa shape index (κ3) is 2.43. The zero-order valence-corrected chi connectivity index (χ0v) is 10.8. The van der Waals surface area contributed by atoms with Gasteiger partial charge in [0.1, 0.15) is 5.82 Å². The summed E-state index contributed by atoms with van der Waals surface area (Å²) in [5.41, 5.74) is 7.63. The lowest BCUT2D eigenvalue weighted by Crippen LogP contribution is -2.29. The van der Waals surface area contributed by atoms with Crippen molar-refractivity contribution in [2.75, 3.05) is 13.1 Å². The van der Waals surface area contributed by atoms with E-state index in [1.165, 1.54) is 19.3 Å². The van der Waals surface area contributed by atoms with Crippen LogP contribution in [0.15, 0.2) is 18.2 Å². The van der Waals surface area contributed by atoms with Crippen LogP contribution in [0.4, 0.5) is 4.39 Å². The van der Waals surface area contributed by atoms with Crippen LogP contribution in [0.2, 0.25) is 0 Å². The van der Waals surface area contributed by atoms with E-state index in [1.807, 2.05) is 12.1 Å². The number of likely N-dealkylation sites (tertiary alicyclic amines) is 1. The maximum atomic E-state index is 14.1. The summed E-state index contributed by atoms with van der Waals surface area (Å²) in [5, 5.41) is 0. The molecule has 0 spiro atoms. The van der Waals surface area contributed by atoms with E-state index >= 15 is 0 Å². The summed E-state index contributed by atoms with van der Waals surface area (Å²) in [6, 6.07) is 5.58. The van der Waals surface area contributed by atoms with Crippen LogP contribution in [-0.4, -0.2) is 18.0 Å². The van der Waals surface area contributed by atoms with E-state index in [4.69, 9.17) is 5.73 Å². The number of rotatable bonds is 3. The summed E-state index contributed by atoms with van der Waals surface area (Å²) >= 11 is 0. The maximum absolute atomic E-state index is 14.1. The molecule has 1 saturated carbocycles. The molecule has 1 saturated heterocycles. The molecule has 2 nitrogen and oxygen atoms in total. The quantitative estimate of drug-likeness (QED) is 0.891. The molecule has 2 fully saturated rings. The first-order valence-corrected chi connectivity index (χ1v) is 6.98. The number of benzene rings is 1. The normalized spacial score (nSPS) is 23.0. The third-order valence-corrected chi connectivity index (χ3v) is 4.26. The fraction of sp³-hybridized carbons (Fsp3) is 0.600. The molecule has 1 aromatic rings. The lowest BCUT2D eigenvalue weighted by molar-refractivity contribution is 0.218. The summed E-state index contributed by atoms with van der Waals surface area (Å²) in [5.74, 6) is -0.0881. The maximum Gasteiger partial charge on any atom is 0.128 e. The first-order chi connectivity index (χ1) is 8.67. The van der Waals surface area contributed by atoms with Gasteiger partial charge in [-0.15, -0.1) is 0 Å². The van der Waals surface area contributed by atoms with Gasteiger partial charge in [-0.05, 0) is 50.4 Å². The molecule has 0 bridgehead atoms. The SMILES string of the molecule is NC1(c2ccc(CN3CCCCC3)c(F)c2)CC1. The van der Waals surface area contributed by atoms with Crippen molar-refractivity contribution in [2.24, 2.45) is 5.73 Å². The molecule has 0 radical (unpaired) electrons. The summed E-state index contributed by atoms with van der Waals surface area (Å²) in [7, 11) is 0. The van der Waals surface area contributed by atoms with E-state index < -0.39 is 0 Å². The standard InChI is InChI=1S/C15H21FN2/c16-14-10-13(15(17)6-7-15)5-4-12(14)11-18-8-2-1-3-9-18/h4-5,10H,1-3,6-9,11,17H2. The van der Waals surface area contributed by atoms with Gasteiger partial charge in [0.2, 0.25) is 0 Å². The Morgan fingerprint density at radius 2 is 1.89 bits per heavy atom. The Hall–Kier alpha value is -0.930. The van der Waals surface area contributed by atoms with Crippen molar-refractivity contribution in [1.82, 2.24) is 4.90 Å². The van der Waals surface area contributed by atoms with Crippen molar-refractivity contribution in [3.63, 3.8) is 0 Å². The topological polar surface area (TPSA) is 29.3 Å². The van der Waals surface area contributed by atoms with Crippen molar-refractivity contribution >= 4 is 0 Å². The lowest BCUT2D eigenvalue weighted by Gasteiger charge is -2.26. The summed E-state index contributed by atoms with van der Waals surface area (Å²) in [6.45, 7) is 2.94. The number of nitrogens with two attached hydrogens (primary N) is 1. The zero-order valence-electron chi connectivity index (χ0n) is 10.8. The Bertz CT molecular complexity index is 434. The van der Waals surface area contributed by atoms with Gasteiger partial charge in [-0.2, -0.15) is 0 Å². The third-order valence-electron chi connectivity index (χ3n) is 4.26. The van der Waals surface area contributed by atoms with Gasteiger partial charge in [0, 0.05) is 17.6 Å². The van der Waals surface area contributed by atoms with Crippen LogP contribution in [-0.2, 0) is 12.1 Å². The van der Waals surface area contributed by atoms with Gasteiger partial charge in [0.25, 0.3) is 0 Å². The van der Waals surface area contributed by atoms with Crippen molar-refractivity contribution in [2.45, 2.75) is 44.2 Å². The molecule has 2 aliphatic rings. The fourth-order valence-corrected chi connectivity index (χ4v) is 2.77. The van der Waals surface area contributed by atoms with Crippen LogP contribution in [0, 0.1) is 5.82 Å². The highest BCUT2D eigenvalue weighted by Gasteiger charge is 2.40. The molecule has 98 valence electrons. The first kappa shape index (κ1) is 12.1. The molecule has 0 aromatic heterocycles. The lowest BCUT2D eigenvalue weighted by atomic mass is 10.0.